The van der Waals surface area contributed by atoms with Crippen molar-refractivity contribution >= 4 is 11.6 Å². The summed E-state index contributed by atoms with van der Waals surface area (Å²) < 4.78 is 5.96. The average Bonchev–Trinajstić information content (AvgIpc) is 2.40. The summed E-state index contributed by atoms with van der Waals surface area (Å²) in [6, 6.07) is 14.3. The van der Waals surface area contributed by atoms with Crippen molar-refractivity contribution in [3.63, 3.8) is 0 Å². The Hall–Kier alpha value is -1.47. The van der Waals surface area contributed by atoms with Crippen LogP contribution in [0, 0.1) is 6.92 Å². The largest absolute Gasteiger partial charge is 0.457 e. The zero-order valence-corrected chi connectivity index (χ0v) is 13.3. The molecule has 2 rings (SSSR count). The highest BCUT2D eigenvalue weighted by molar-refractivity contribution is 6.17. The molecule has 0 aliphatic heterocycles. The van der Waals surface area contributed by atoms with Gasteiger partial charge < -0.3 is 4.74 Å². The summed E-state index contributed by atoms with van der Waals surface area (Å²) in [7, 11) is 0. The van der Waals surface area contributed by atoms with Crippen molar-refractivity contribution in [3.8, 4) is 11.5 Å². The number of aryl methyl sites for hydroxylation is 1. The molecule has 0 aliphatic rings. The highest BCUT2D eigenvalue weighted by Crippen LogP contribution is 2.30. The Morgan fingerprint density at radius 1 is 1.05 bits per heavy atom. The molecule has 2 aromatic carbocycles. The Morgan fingerprint density at radius 3 is 2.40 bits per heavy atom. The molecule has 0 bridgehead atoms. The number of halogens is 1. The van der Waals surface area contributed by atoms with Crippen LogP contribution in [0.1, 0.15) is 37.5 Å². The van der Waals surface area contributed by atoms with Crippen LogP contribution in [0.25, 0.3) is 0 Å². The first-order chi connectivity index (χ1) is 9.40. The predicted molar refractivity (Wildman–Crippen MR) is 86.0 cm³/mol. The molecule has 0 heterocycles. The van der Waals surface area contributed by atoms with Crippen molar-refractivity contribution in [2.24, 2.45) is 0 Å². The molecule has 0 spiro atoms. The molecule has 0 atom stereocenters. The highest BCUT2D eigenvalue weighted by atomic mass is 35.5. The van der Waals surface area contributed by atoms with Gasteiger partial charge in [-0.15, -0.1) is 11.6 Å². The number of benzene rings is 2. The Bertz CT molecular complexity index is 597. The van der Waals surface area contributed by atoms with Gasteiger partial charge >= 0.3 is 0 Å². The minimum absolute atomic E-state index is 0.155. The fraction of sp³-hybridized carbons (Fsp3) is 0.333. The highest BCUT2D eigenvalue weighted by Gasteiger charge is 2.14. The van der Waals surface area contributed by atoms with E-state index in [1.54, 1.807) is 0 Å². The summed E-state index contributed by atoms with van der Waals surface area (Å²) >= 11 is 5.85. The maximum Gasteiger partial charge on any atom is 0.130 e. The van der Waals surface area contributed by atoms with Gasteiger partial charge in [0.2, 0.25) is 0 Å². The molecule has 106 valence electrons. The van der Waals surface area contributed by atoms with Gasteiger partial charge in [0.25, 0.3) is 0 Å². The standard InChI is InChI=1S/C18H21ClO/c1-13-10-15(18(2,3)4)8-9-17(13)20-16-7-5-6-14(11-16)12-19/h5-11H,12H2,1-4H3. The van der Waals surface area contributed by atoms with Crippen molar-refractivity contribution in [2.45, 2.75) is 39.0 Å². The monoisotopic (exact) mass is 288 g/mol. The predicted octanol–water partition coefficient (Wildman–Crippen LogP) is 5.82. The number of alkyl halides is 1. The zero-order valence-electron chi connectivity index (χ0n) is 12.5. The first-order valence-corrected chi connectivity index (χ1v) is 7.37. The van der Waals surface area contributed by atoms with E-state index in [-0.39, 0.29) is 5.41 Å². The van der Waals surface area contributed by atoms with E-state index < -0.39 is 0 Å². The Balaban J connectivity index is 2.25. The maximum absolute atomic E-state index is 5.96. The van der Waals surface area contributed by atoms with Crippen LogP contribution in [-0.2, 0) is 11.3 Å². The molecule has 0 saturated heterocycles. The maximum atomic E-state index is 5.96. The van der Waals surface area contributed by atoms with Gasteiger partial charge in [-0.05, 0) is 47.2 Å². The van der Waals surface area contributed by atoms with Gasteiger partial charge in [-0.2, -0.15) is 0 Å². The fourth-order valence-electron chi connectivity index (χ4n) is 2.05. The summed E-state index contributed by atoms with van der Waals surface area (Å²) in [5, 5.41) is 0. The van der Waals surface area contributed by atoms with Gasteiger partial charge in [0.05, 0.1) is 0 Å². The lowest BCUT2D eigenvalue weighted by molar-refractivity contribution is 0.477. The molecule has 2 heteroatoms. The summed E-state index contributed by atoms with van der Waals surface area (Å²) in [4.78, 5) is 0. The van der Waals surface area contributed by atoms with E-state index in [9.17, 15) is 0 Å². The Labute approximate surface area is 126 Å². The Morgan fingerprint density at radius 2 is 1.80 bits per heavy atom. The van der Waals surface area contributed by atoms with Crippen LogP contribution in [0.4, 0.5) is 0 Å². The van der Waals surface area contributed by atoms with Crippen LogP contribution in [0.15, 0.2) is 42.5 Å². The minimum Gasteiger partial charge on any atom is -0.457 e. The van der Waals surface area contributed by atoms with Gasteiger partial charge in [-0.25, -0.2) is 0 Å². The summed E-state index contributed by atoms with van der Waals surface area (Å²) in [5.41, 5.74) is 3.68. The molecule has 2 aromatic rings. The van der Waals surface area contributed by atoms with Crippen LogP contribution in [0.3, 0.4) is 0 Å². The molecule has 0 amide bonds. The van der Waals surface area contributed by atoms with Crippen LogP contribution < -0.4 is 4.74 Å². The minimum atomic E-state index is 0.155. The van der Waals surface area contributed by atoms with Crippen molar-refractivity contribution < 1.29 is 4.74 Å². The van der Waals surface area contributed by atoms with Gasteiger partial charge in [0, 0.05) is 5.88 Å². The lowest BCUT2D eigenvalue weighted by atomic mass is 9.86. The second-order valence-corrected chi connectivity index (χ2v) is 6.38. The summed E-state index contributed by atoms with van der Waals surface area (Å²) in [6.07, 6.45) is 0. The molecular weight excluding hydrogens is 268 g/mol. The lowest BCUT2D eigenvalue weighted by Gasteiger charge is -2.20. The third kappa shape index (κ3) is 3.55. The van der Waals surface area contributed by atoms with Gasteiger partial charge in [-0.3, -0.25) is 0 Å². The molecule has 0 radical (unpaired) electrons. The molecule has 0 N–H and O–H groups in total. The second-order valence-electron chi connectivity index (χ2n) is 6.11. The normalized spacial score (nSPS) is 11.4. The van der Waals surface area contributed by atoms with Gasteiger partial charge in [-0.1, -0.05) is 45.0 Å². The first-order valence-electron chi connectivity index (χ1n) is 6.84. The third-order valence-corrected chi connectivity index (χ3v) is 3.63. The number of ether oxygens (including phenoxy) is 1. The van der Waals surface area contributed by atoms with E-state index in [1.165, 1.54) is 5.56 Å². The molecule has 0 aromatic heterocycles. The lowest BCUT2D eigenvalue weighted by Crippen LogP contribution is -2.11. The Kier molecular flexibility index (Phi) is 4.39. The topological polar surface area (TPSA) is 9.23 Å². The average molecular weight is 289 g/mol. The third-order valence-electron chi connectivity index (χ3n) is 3.32. The van der Waals surface area contributed by atoms with Crippen LogP contribution >= 0.6 is 11.6 Å². The van der Waals surface area contributed by atoms with Gasteiger partial charge in [0.1, 0.15) is 11.5 Å². The quantitative estimate of drug-likeness (QED) is 0.646. The summed E-state index contributed by atoms with van der Waals surface area (Å²) in [5.74, 6) is 2.22. The molecule has 0 fully saturated rings. The molecule has 1 nitrogen and oxygen atoms in total. The molecule has 0 saturated carbocycles. The van der Waals surface area contributed by atoms with Crippen LogP contribution in [0.5, 0.6) is 11.5 Å². The van der Waals surface area contributed by atoms with E-state index in [4.69, 9.17) is 16.3 Å². The fourth-order valence-corrected chi connectivity index (χ4v) is 2.22. The van der Waals surface area contributed by atoms with Crippen molar-refractivity contribution in [3.05, 3.63) is 59.2 Å². The molecular formula is C18H21ClO. The van der Waals surface area contributed by atoms with E-state index in [0.717, 1.165) is 22.6 Å². The van der Waals surface area contributed by atoms with Gasteiger partial charge in [0.15, 0.2) is 0 Å². The molecule has 0 unspecified atom stereocenters. The number of hydrogen-bond acceptors (Lipinski definition) is 1. The van der Waals surface area contributed by atoms with Crippen LogP contribution in [-0.4, -0.2) is 0 Å². The smallest absolute Gasteiger partial charge is 0.130 e. The first kappa shape index (κ1) is 14.9. The zero-order chi connectivity index (χ0) is 14.8. The van der Waals surface area contributed by atoms with Crippen molar-refractivity contribution in [1.82, 2.24) is 0 Å². The number of hydrogen-bond donors (Lipinski definition) is 0. The van der Waals surface area contributed by atoms with Crippen molar-refractivity contribution in [2.75, 3.05) is 0 Å². The van der Waals surface area contributed by atoms with E-state index in [0.29, 0.717) is 5.88 Å². The molecule has 20 heavy (non-hydrogen) atoms. The van der Waals surface area contributed by atoms with Crippen molar-refractivity contribution in [1.29, 1.82) is 0 Å². The second kappa shape index (κ2) is 5.88. The molecule has 0 aliphatic carbocycles. The van der Waals surface area contributed by atoms with E-state index in [2.05, 4.69) is 39.8 Å². The number of rotatable bonds is 3. The summed E-state index contributed by atoms with van der Waals surface area (Å²) in [6.45, 7) is 8.72. The van der Waals surface area contributed by atoms with E-state index in [1.807, 2.05) is 30.3 Å². The van der Waals surface area contributed by atoms with Crippen LogP contribution in [0.2, 0.25) is 0 Å². The van der Waals surface area contributed by atoms with E-state index >= 15 is 0 Å². The SMILES string of the molecule is Cc1cc(C(C)(C)C)ccc1Oc1cccc(CCl)c1.